The van der Waals surface area contributed by atoms with Gasteiger partial charge in [0, 0.05) is 0 Å². The lowest BCUT2D eigenvalue weighted by molar-refractivity contribution is -0.361. The van der Waals surface area contributed by atoms with Crippen molar-refractivity contribution in [3.05, 3.63) is 0 Å². The van der Waals surface area contributed by atoms with Crippen LogP contribution in [0.25, 0.3) is 0 Å². The Labute approximate surface area is 203 Å². The molecule has 17 nitrogen and oxygen atoms in total. The fourth-order valence-corrected chi connectivity index (χ4v) is 5.55. The van der Waals surface area contributed by atoms with E-state index in [9.17, 15) is 43.6 Å². The summed E-state index contributed by atoms with van der Waals surface area (Å²) in [6.07, 6.45) is -21.0. The fraction of sp³-hybridized carbons (Fsp3) is 1.00. The van der Waals surface area contributed by atoms with Crippen LogP contribution in [0.2, 0.25) is 0 Å². The van der Waals surface area contributed by atoms with Crippen molar-refractivity contribution in [1.29, 1.82) is 0 Å². The summed E-state index contributed by atoms with van der Waals surface area (Å²) >= 11 is 0. The molecule has 0 amide bonds. The van der Waals surface area contributed by atoms with Gasteiger partial charge in [-0.2, -0.15) is 8.42 Å². The van der Waals surface area contributed by atoms with Crippen molar-refractivity contribution in [2.24, 2.45) is 0 Å². The molecule has 15 atom stereocenters. The predicted molar refractivity (Wildman–Crippen MR) is 105 cm³/mol. The maximum atomic E-state index is 11.5. The van der Waals surface area contributed by atoms with Crippen molar-refractivity contribution in [1.82, 2.24) is 0 Å². The minimum atomic E-state index is -5.15. The van der Waals surface area contributed by atoms with Crippen molar-refractivity contribution in [2.45, 2.75) is 92.1 Å². The Morgan fingerprint density at radius 1 is 0.722 bits per heavy atom. The smallest absolute Gasteiger partial charge is 0.394 e. The summed E-state index contributed by atoms with van der Waals surface area (Å²) in [5, 5.41) is 61.4. The van der Waals surface area contributed by atoms with Crippen LogP contribution in [0.15, 0.2) is 0 Å². The molecule has 5 heterocycles. The molecule has 36 heavy (non-hydrogen) atoms. The third kappa shape index (κ3) is 4.91. The molecule has 208 valence electrons. The number of rotatable bonds is 7. The molecule has 4 bridgehead atoms. The molecule has 5 saturated heterocycles. The van der Waals surface area contributed by atoms with Crippen LogP contribution in [0.5, 0.6) is 0 Å². The first kappa shape index (κ1) is 26.9. The van der Waals surface area contributed by atoms with E-state index in [2.05, 4.69) is 4.18 Å². The van der Waals surface area contributed by atoms with Crippen molar-refractivity contribution in [2.75, 3.05) is 19.8 Å². The van der Waals surface area contributed by atoms with E-state index in [0.29, 0.717) is 0 Å². The number of ether oxygens (including phenoxy) is 7. The summed E-state index contributed by atoms with van der Waals surface area (Å²) in [5.74, 6) is 0. The largest absolute Gasteiger partial charge is 0.397 e. The minimum absolute atomic E-state index is 0.0582. The van der Waals surface area contributed by atoms with Crippen molar-refractivity contribution < 1.29 is 81.0 Å². The molecule has 5 rings (SSSR count). The second-order valence-corrected chi connectivity index (χ2v) is 10.1. The Balaban J connectivity index is 1.38. The molecule has 7 N–H and O–H groups in total. The minimum Gasteiger partial charge on any atom is -0.394 e. The van der Waals surface area contributed by atoms with E-state index < -0.39 is 109 Å². The van der Waals surface area contributed by atoms with Gasteiger partial charge in [-0.3, -0.25) is 4.55 Å². The highest BCUT2D eigenvalue weighted by Crippen LogP contribution is 2.37. The quantitative estimate of drug-likeness (QED) is 0.146. The Kier molecular flexibility index (Phi) is 7.60. The third-order valence-electron chi connectivity index (χ3n) is 6.79. The van der Waals surface area contributed by atoms with Gasteiger partial charge in [0.2, 0.25) is 0 Å². The second kappa shape index (κ2) is 10.2. The molecule has 0 aromatic rings. The van der Waals surface area contributed by atoms with Crippen LogP contribution in [0, 0.1) is 0 Å². The summed E-state index contributed by atoms with van der Waals surface area (Å²) in [5.41, 5.74) is 0. The summed E-state index contributed by atoms with van der Waals surface area (Å²) in [6, 6.07) is 0. The van der Waals surface area contributed by atoms with Gasteiger partial charge in [0.1, 0.15) is 73.2 Å². The number of aliphatic hydroxyl groups is 6. The van der Waals surface area contributed by atoms with Gasteiger partial charge in [0.15, 0.2) is 18.9 Å². The molecule has 0 saturated carbocycles. The summed E-state index contributed by atoms with van der Waals surface area (Å²) in [7, 11) is -5.15. The zero-order valence-electron chi connectivity index (χ0n) is 18.4. The fourth-order valence-electron chi connectivity index (χ4n) is 5.03. The Bertz CT molecular complexity index is 889. The van der Waals surface area contributed by atoms with Gasteiger partial charge in [0.25, 0.3) is 0 Å². The van der Waals surface area contributed by atoms with Gasteiger partial charge in [-0.25, -0.2) is 4.18 Å². The molecule has 0 aromatic heterocycles. The molecule has 0 radical (unpaired) electrons. The zero-order valence-corrected chi connectivity index (χ0v) is 19.2. The lowest BCUT2D eigenvalue weighted by atomic mass is 9.97. The van der Waals surface area contributed by atoms with Gasteiger partial charge in [-0.1, -0.05) is 0 Å². The van der Waals surface area contributed by atoms with E-state index in [1.54, 1.807) is 0 Å². The standard InChI is InChI=1S/C18H28O17S/c19-1-4-12(35-36(25,26)27)15(34-17-9(22)13-7(20)5(32-17)2-28-13)10(23)18(31-4)33-11-6-3-29-14(11)8(21)16(24)30-6/h4-24H,1-3H2,(H,25,26,27)/t4-,5-,6-,7+,8-,9-,10-,11+,12+,13+,14-,15-,16?,17-,18+/m1/s1. The summed E-state index contributed by atoms with van der Waals surface area (Å²) < 4.78 is 75.2. The van der Waals surface area contributed by atoms with Crippen LogP contribution in [-0.4, -0.2) is 156 Å². The summed E-state index contributed by atoms with van der Waals surface area (Å²) in [4.78, 5) is 0. The molecule has 0 aliphatic carbocycles. The number of hydrogen-bond donors (Lipinski definition) is 7. The average molecular weight is 548 g/mol. The predicted octanol–water partition coefficient (Wildman–Crippen LogP) is -5.65. The van der Waals surface area contributed by atoms with E-state index in [-0.39, 0.29) is 13.2 Å². The van der Waals surface area contributed by atoms with E-state index in [1.807, 2.05) is 0 Å². The van der Waals surface area contributed by atoms with Gasteiger partial charge in [-0.05, 0) is 0 Å². The van der Waals surface area contributed by atoms with Crippen LogP contribution >= 0.6 is 0 Å². The lowest BCUT2D eigenvalue weighted by Gasteiger charge is -2.46. The van der Waals surface area contributed by atoms with Crippen LogP contribution in [0.3, 0.4) is 0 Å². The Morgan fingerprint density at radius 2 is 1.36 bits per heavy atom. The monoisotopic (exact) mass is 548 g/mol. The second-order valence-electron chi connectivity index (χ2n) is 9.08. The first-order valence-corrected chi connectivity index (χ1v) is 12.5. The summed E-state index contributed by atoms with van der Waals surface area (Å²) in [6.45, 7) is -1.01. The van der Waals surface area contributed by atoms with Crippen molar-refractivity contribution in [3.63, 3.8) is 0 Å². The van der Waals surface area contributed by atoms with E-state index in [1.165, 1.54) is 0 Å². The molecule has 18 heteroatoms. The highest BCUT2D eigenvalue weighted by Gasteiger charge is 2.58. The molecule has 5 fully saturated rings. The normalized spacial score (nSPS) is 53.0. The molecule has 1 unspecified atom stereocenters. The molecular formula is C18H28O17S. The molecule has 0 spiro atoms. The van der Waals surface area contributed by atoms with Crippen LogP contribution in [0.1, 0.15) is 0 Å². The maximum absolute atomic E-state index is 11.5. The molecule has 5 aliphatic rings. The van der Waals surface area contributed by atoms with Crippen molar-refractivity contribution in [3.8, 4) is 0 Å². The first-order chi connectivity index (χ1) is 17.0. The Morgan fingerprint density at radius 3 is 2.06 bits per heavy atom. The number of fused-ring (bicyclic) bond motifs is 4. The van der Waals surface area contributed by atoms with E-state index in [0.717, 1.165) is 0 Å². The first-order valence-electron chi connectivity index (χ1n) is 11.2. The van der Waals surface area contributed by atoms with Crippen LogP contribution in [0.4, 0.5) is 0 Å². The van der Waals surface area contributed by atoms with Gasteiger partial charge in [0.05, 0.1) is 19.8 Å². The number of hydrogen-bond acceptors (Lipinski definition) is 16. The van der Waals surface area contributed by atoms with Gasteiger partial charge >= 0.3 is 10.4 Å². The SMILES string of the molecule is O=S(=O)(O)O[C@@H]1[C@H](O[C@H]2O[C@@H]3CO[C@@H]([C@H]3O)[C@H]2O)[C@@H](O)[C@H](O[C@@H]2[C@@H]3OC[C@H]2OC(O)[C@@H]3O)O[C@@H]1CO. The third-order valence-corrected chi connectivity index (χ3v) is 7.26. The molecular weight excluding hydrogens is 520 g/mol. The van der Waals surface area contributed by atoms with Crippen LogP contribution < -0.4 is 0 Å². The van der Waals surface area contributed by atoms with E-state index >= 15 is 0 Å². The van der Waals surface area contributed by atoms with E-state index in [4.69, 9.17) is 33.2 Å². The highest BCUT2D eigenvalue weighted by molar-refractivity contribution is 7.80. The zero-order chi connectivity index (χ0) is 25.9. The lowest BCUT2D eigenvalue weighted by Crippen LogP contribution is -2.65. The Hall–Kier alpha value is -0.650. The molecule has 5 aliphatic heterocycles. The van der Waals surface area contributed by atoms with Gasteiger partial charge in [-0.15, -0.1) is 0 Å². The number of aliphatic hydroxyl groups excluding tert-OH is 6. The maximum Gasteiger partial charge on any atom is 0.397 e. The van der Waals surface area contributed by atoms with Crippen LogP contribution in [-0.2, 0) is 47.7 Å². The molecule has 0 aromatic carbocycles. The van der Waals surface area contributed by atoms with Crippen molar-refractivity contribution >= 4 is 10.4 Å². The van der Waals surface area contributed by atoms with Gasteiger partial charge < -0.3 is 63.8 Å². The topological polar surface area (TPSA) is 250 Å². The highest BCUT2D eigenvalue weighted by atomic mass is 32.3. The average Bonchev–Trinajstić information content (AvgIpc) is 3.27.